The summed E-state index contributed by atoms with van der Waals surface area (Å²) in [5, 5.41) is 0. The molecule has 0 aliphatic heterocycles. The van der Waals surface area contributed by atoms with Crippen LogP contribution >= 0.6 is 0 Å². The van der Waals surface area contributed by atoms with E-state index >= 15 is 0 Å². The fourth-order valence-electron chi connectivity index (χ4n) is 3.10. The molecule has 2 bridgehead atoms. The van der Waals surface area contributed by atoms with Gasteiger partial charge in [-0.2, -0.15) is 0 Å². The maximum absolute atomic E-state index is 12.1. The Balaban J connectivity index is 2.14. The summed E-state index contributed by atoms with van der Waals surface area (Å²) in [5.74, 6) is -1.49. The van der Waals surface area contributed by atoms with Gasteiger partial charge in [-0.05, 0) is 28.9 Å². The molecule has 4 aliphatic carbocycles. The molecule has 2 nitrogen and oxygen atoms in total. The lowest BCUT2D eigenvalue weighted by atomic mass is 9.60. The summed E-state index contributed by atoms with van der Waals surface area (Å²) < 4.78 is 0. The van der Waals surface area contributed by atoms with Gasteiger partial charge in [-0.1, -0.05) is 35.7 Å². The highest BCUT2D eigenvalue weighted by Gasteiger charge is 2.50. The molecule has 84 valence electrons. The molecule has 2 atom stereocenters. The van der Waals surface area contributed by atoms with Gasteiger partial charge in [-0.25, -0.2) is 0 Å². The minimum absolute atomic E-state index is 0.286. The quantitative estimate of drug-likeness (QED) is 0.507. The number of carbonyl (C=O) groups excluding carboxylic acids is 2. The second kappa shape index (κ2) is 3.08. The van der Waals surface area contributed by atoms with E-state index in [4.69, 9.17) is 0 Å². The summed E-state index contributed by atoms with van der Waals surface area (Å²) in [5.41, 5.74) is 9.57. The zero-order chi connectivity index (χ0) is 12.3. The predicted octanol–water partition coefficient (Wildman–Crippen LogP) is 2.20. The molecule has 0 radical (unpaired) electrons. The number of carbonyl (C=O) groups is 2. The van der Waals surface area contributed by atoms with Crippen LogP contribution in [0.15, 0.2) is 59.0 Å². The topological polar surface area (TPSA) is 34.1 Å². The lowest BCUT2D eigenvalue weighted by molar-refractivity contribution is -0.138. The number of benzene rings is 1. The minimum Gasteiger partial charge on any atom is -0.290 e. The molecule has 4 aliphatic rings. The van der Waals surface area contributed by atoms with E-state index in [1.54, 1.807) is 6.08 Å². The first-order valence-corrected chi connectivity index (χ1v) is 5.88. The van der Waals surface area contributed by atoms with Gasteiger partial charge in [0.2, 0.25) is 11.6 Å². The molecular formula is C16H8O2. The van der Waals surface area contributed by atoms with E-state index in [0.717, 1.165) is 22.3 Å². The van der Waals surface area contributed by atoms with E-state index < -0.39 is 11.8 Å². The molecule has 0 heterocycles. The van der Waals surface area contributed by atoms with Crippen LogP contribution in [-0.4, -0.2) is 11.6 Å². The first-order chi connectivity index (χ1) is 8.79. The Bertz CT molecular complexity index is 751. The third-order valence-electron chi connectivity index (χ3n) is 3.85. The lowest BCUT2D eigenvalue weighted by Crippen LogP contribution is -2.41. The van der Waals surface area contributed by atoms with Crippen molar-refractivity contribution in [1.82, 2.24) is 0 Å². The van der Waals surface area contributed by atoms with Gasteiger partial charge in [0.25, 0.3) is 0 Å². The highest BCUT2D eigenvalue weighted by Crippen LogP contribution is 2.51. The average molecular weight is 232 g/mol. The Kier molecular flexibility index (Phi) is 1.65. The summed E-state index contributed by atoms with van der Waals surface area (Å²) in [4.78, 5) is 24.3. The van der Waals surface area contributed by atoms with Gasteiger partial charge >= 0.3 is 0 Å². The summed E-state index contributed by atoms with van der Waals surface area (Å²) in [7, 11) is 0. The molecule has 5 rings (SSSR count). The molecular weight excluding hydrogens is 224 g/mol. The Labute approximate surface area is 104 Å². The molecule has 18 heavy (non-hydrogen) atoms. The molecule has 1 unspecified atom stereocenters. The van der Waals surface area contributed by atoms with Crippen LogP contribution in [0.4, 0.5) is 0 Å². The normalized spacial score (nSPS) is 26.7. The van der Waals surface area contributed by atoms with Crippen LogP contribution in [-0.2, 0) is 9.59 Å². The van der Waals surface area contributed by atoms with Crippen LogP contribution in [0.5, 0.6) is 0 Å². The van der Waals surface area contributed by atoms with Crippen molar-refractivity contribution >= 4 is 11.6 Å². The molecule has 0 aromatic heterocycles. The fourth-order valence-corrected chi connectivity index (χ4v) is 3.10. The van der Waals surface area contributed by atoms with Gasteiger partial charge in [0, 0.05) is 5.57 Å². The van der Waals surface area contributed by atoms with Crippen molar-refractivity contribution in [3.05, 3.63) is 70.2 Å². The number of hydrogen-bond donors (Lipinski definition) is 0. The molecule has 1 aromatic carbocycles. The number of ketones is 2. The molecule has 0 saturated heterocycles. The van der Waals surface area contributed by atoms with E-state index in [9.17, 15) is 9.59 Å². The van der Waals surface area contributed by atoms with Gasteiger partial charge < -0.3 is 0 Å². The number of fused-ring (bicyclic) bond motifs is 1. The molecule has 2 heteroatoms. The minimum atomic E-state index is -0.467. The summed E-state index contributed by atoms with van der Waals surface area (Å²) in [6.07, 6.45) is 3.63. The predicted molar refractivity (Wildman–Crippen MR) is 65.1 cm³/mol. The SMILES string of the molecule is O=C1C(=O)[C@H]2C3=C=C=CC=C3C1c1ccccc12. The Hall–Kier alpha value is -2.40. The van der Waals surface area contributed by atoms with Crippen molar-refractivity contribution in [1.29, 1.82) is 0 Å². The zero-order valence-corrected chi connectivity index (χ0v) is 9.44. The zero-order valence-electron chi connectivity index (χ0n) is 9.44. The van der Waals surface area contributed by atoms with Crippen molar-refractivity contribution in [3.8, 4) is 0 Å². The summed E-state index contributed by atoms with van der Waals surface area (Å²) in [6, 6.07) is 7.69. The number of rotatable bonds is 0. The van der Waals surface area contributed by atoms with Crippen molar-refractivity contribution in [2.24, 2.45) is 0 Å². The summed E-state index contributed by atoms with van der Waals surface area (Å²) >= 11 is 0. The highest BCUT2D eigenvalue weighted by molar-refractivity contribution is 6.45. The van der Waals surface area contributed by atoms with Crippen molar-refractivity contribution in [2.75, 3.05) is 0 Å². The van der Waals surface area contributed by atoms with Crippen LogP contribution in [0.25, 0.3) is 0 Å². The molecule has 1 fully saturated rings. The molecule has 0 N–H and O–H groups in total. The van der Waals surface area contributed by atoms with Crippen LogP contribution in [0.1, 0.15) is 23.0 Å². The van der Waals surface area contributed by atoms with Gasteiger partial charge in [0.15, 0.2) is 0 Å². The first-order valence-electron chi connectivity index (χ1n) is 5.88. The Morgan fingerprint density at radius 2 is 1.61 bits per heavy atom. The molecule has 0 spiro atoms. The first kappa shape index (κ1) is 9.61. The second-order valence-electron chi connectivity index (χ2n) is 4.70. The number of hydrogen-bond acceptors (Lipinski definition) is 2. The third kappa shape index (κ3) is 0.953. The maximum Gasteiger partial charge on any atom is 0.211 e. The van der Waals surface area contributed by atoms with Crippen LogP contribution in [0.2, 0.25) is 0 Å². The molecule has 1 aromatic rings. The van der Waals surface area contributed by atoms with Gasteiger partial charge in [-0.3, -0.25) is 9.59 Å². The Morgan fingerprint density at radius 1 is 0.944 bits per heavy atom. The monoisotopic (exact) mass is 232 g/mol. The maximum atomic E-state index is 12.1. The van der Waals surface area contributed by atoms with Crippen molar-refractivity contribution in [3.63, 3.8) is 0 Å². The number of allylic oxidation sites excluding steroid dienone is 4. The molecule has 1 saturated carbocycles. The van der Waals surface area contributed by atoms with E-state index in [2.05, 4.69) is 11.5 Å². The van der Waals surface area contributed by atoms with E-state index in [-0.39, 0.29) is 11.6 Å². The second-order valence-corrected chi connectivity index (χ2v) is 4.70. The number of Topliss-reactive ketones (excluding diaryl/α,β-unsaturated/α-hetero) is 2. The van der Waals surface area contributed by atoms with E-state index in [0.29, 0.717) is 0 Å². The lowest BCUT2D eigenvalue weighted by Gasteiger charge is -2.39. The standard InChI is InChI=1S/C16H8O2/c17-15-13-9-5-1-2-6-10(9)14(16(15)18)12-8-4-3-7-11(12)13/h1-3,5-7,13-14H/t13?,14-/m1/s1. The average Bonchev–Trinajstić information content (AvgIpc) is 2.42. The fraction of sp³-hybridized carbons (Fsp3) is 0.125. The van der Waals surface area contributed by atoms with E-state index in [1.807, 2.05) is 30.3 Å². The van der Waals surface area contributed by atoms with E-state index in [1.165, 1.54) is 0 Å². The smallest absolute Gasteiger partial charge is 0.211 e. The van der Waals surface area contributed by atoms with Crippen LogP contribution in [0, 0.1) is 0 Å². The van der Waals surface area contributed by atoms with Crippen LogP contribution in [0.3, 0.4) is 0 Å². The largest absolute Gasteiger partial charge is 0.290 e. The van der Waals surface area contributed by atoms with Crippen molar-refractivity contribution in [2.45, 2.75) is 11.8 Å². The van der Waals surface area contributed by atoms with Crippen molar-refractivity contribution < 1.29 is 9.59 Å². The summed E-state index contributed by atoms with van der Waals surface area (Å²) in [6.45, 7) is 0. The Morgan fingerprint density at radius 3 is 2.39 bits per heavy atom. The molecule has 0 amide bonds. The van der Waals surface area contributed by atoms with Gasteiger partial charge in [0.1, 0.15) is 0 Å². The highest BCUT2D eigenvalue weighted by atomic mass is 16.2. The van der Waals surface area contributed by atoms with Gasteiger partial charge in [0.05, 0.1) is 11.8 Å². The van der Waals surface area contributed by atoms with Gasteiger partial charge in [-0.15, -0.1) is 0 Å². The third-order valence-corrected chi connectivity index (χ3v) is 3.85. The van der Waals surface area contributed by atoms with Crippen LogP contribution < -0.4 is 0 Å².